The molecule has 0 aliphatic rings. The second-order valence-corrected chi connectivity index (χ2v) is 5.92. The number of rotatable bonds is 5. The fourth-order valence-electron chi connectivity index (χ4n) is 2.89. The van der Waals surface area contributed by atoms with Crippen molar-refractivity contribution in [2.75, 3.05) is 0 Å². The molecule has 3 aromatic rings. The number of aryl methyl sites for hydroxylation is 2. The van der Waals surface area contributed by atoms with Crippen LogP contribution in [-0.2, 0) is 13.5 Å². The van der Waals surface area contributed by atoms with E-state index in [0.29, 0.717) is 29.4 Å². The zero-order valence-corrected chi connectivity index (χ0v) is 13.7. The molecule has 0 radical (unpaired) electrons. The summed E-state index contributed by atoms with van der Waals surface area (Å²) in [6.07, 6.45) is 2.64. The molecule has 5 heteroatoms. The van der Waals surface area contributed by atoms with Gasteiger partial charge in [-0.1, -0.05) is 12.1 Å². The largest absolute Gasteiger partial charge is 0.478 e. The van der Waals surface area contributed by atoms with Gasteiger partial charge < -0.3 is 9.67 Å². The van der Waals surface area contributed by atoms with Gasteiger partial charge in [-0.2, -0.15) is 5.26 Å². The Bertz CT molecular complexity index is 1010. The summed E-state index contributed by atoms with van der Waals surface area (Å²) < 4.78 is 1.83. The number of nitriles is 1. The van der Waals surface area contributed by atoms with Crippen LogP contribution >= 0.6 is 0 Å². The first-order chi connectivity index (χ1) is 12.0. The Morgan fingerprint density at radius 1 is 1.16 bits per heavy atom. The average molecular weight is 332 g/mol. The van der Waals surface area contributed by atoms with Gasteiger partial charge in [0, 0.05) is 36.1 Å². The number of nitrogens with zero attached hydrogens (tertiary/aromatic N) is 2. The highest BCUT2D eigenvalue weighted by atomic mass is 16.4. The molecule has 0 unspecified atom stereocenters. The van der Waals surface area contributed by atoms with Gasteiger partial charge in [0.25, 0.3) is 0 Å². The molecule has 5 nitrogen and oxygen atoms in total. The topological polar surface area (TPSA) is 83.1 Å². The molecule has 1 heterocycles. The first-order valence-corrected chi connectivity index (χ1v) is 7.84. The van der Waals surface area contributed by atoms with Gasteiger partial charge in [-0.05, 0) is 42.3 Å². The highest BCUT2D eigenvalue weighted by Gasteiger charge is 2.16. The van der Waals surface area contributed by atoms with Gasteiger partial charge in [0.2, 0.25) is 0 Å². The SMILES string of the molecule is Cn1cc(C(=O)CCc2ccc(C#N)cc2)c2cc(C(=O)O)ccc21. The molecule has 1 aromatic heterocycles. The van der Waals surface area contributed by atoms with Gasteiger partial charge in [0.1, 0.15) is 0 Å². The molecule has 0 spiro atoms. The smallest absolute Gasteiger partial charge is 0.335 e. The van der Waals surface area contributed by atoms with Crippen LogP contribution in [0.3, 0.4) is 0 Å². The summed E-state index contributed by atoms with van der Waals surface area (Å²) in [7, 11) is 1.83. The van der Waals surface area contributed by atoms with E-state index in [1.165, 1.54) is 6.07 Å². The van der Waals surface area contributed by atoms with Crippen LogP contribution in [0.2, 0.25) is 0 Å². The van der Waals surface area contributed by atoms with Crippen LogP contribution in [0.5, 0.6) is 0 Å². The zero-order valence-electron chi connectivity index (χ0n) is 13.7. The maximum atomic E-state index is 12.6. The van der Waals surface area contributed by atoms with Gasteiger partial charge in [0.05, 0.1) is 17.2 Å². The van der Waals surface area contributed by atoms with E-state index in [1.54, 1.807) is 30.5 Å². The second kappa shape index (κ2) is 6.62. The van der Waals surface area contributed by atoms with Crippen LogP contribution in [0, 0.1) is 11.3 Å². The normalized spacial score (nSPS) is 10.6. The number of hydrogen-bond donors (Lipinski definition) is 1. The lowest BCUT2D eigenvalue weighted by Crippen LogP contribution is -2.01. The molecule has 0 bridgehead atoms. The van der Waals surface area contributed by atoms with E-state index in [2.05, 4.69) is 6.07 Å². The van der Waals surface area contributed by atoms with E-state index in [1.807, 2.05) is 23.7 Å². The molecule has 0 atom stereocenters. The summed E-state index contributed by atoms with van der Waals surface area (Å²) in [5.41, 5.74) is 3.10. The standard InChI is InChI=1S/C20H16N2O3/c1-22-12-17(16-10-15(20(24)25)7-8-18(16)22)19(23)9-6-13-2-4-14(11-21)5-3-13/h2-5,7-8,10,12H,6,9H2,1H3,(H,24,25). The molecular weight excluding hydrogens is 316 g/mol. The third-order valence-corrected chi connectivity index (χ3v) is 4.26. The number of aromatic carboxylic acids is 1. The average Bonchev–Trinajstić information content (AvgIpc) is 2.96. The summed E-state index contributed by atoms with van der Waals surface area (Å²) >= 11 is 0. The molecule has 25 heavy (non-hydrogen) atoms. The van der Waals surface area contributed by atoms with Crippen LogP contribution in [0.25, 0.3) is 10.9 Å². The number of carbonyl (C=O) groups is 2. The van der Waals surface area contributed by atoms with E-state index in [-0.39, 0.29) is 11.3 Å². The number of aromatic nitrogens is 1. The minimum Gasteiger partial charge on any atom is -0.478 e. The minimum atomic E-state index is -1.01. The van der Waals surface area contributed by atoms with Crippen molar-refractivity contribution >= 4 is 22.7 Å². The number of ketones is 1. The lowest BCUT2D eigenvalue weighted by atomic mass is 10.0. The Hall–Kier alpha value is -3.39. The van der Waals surface area contributed by atoms with Crippen molar-refractivity contribution in [2.45, 2.75) is 12.8 Å². The first kappa shape index (κ1) is 16.5. The van der Waals surface area contributed by atoms with Gasteiger partial charge in [-0.15, -0.1) is 0 Å². The van der Waals surface area contributed by atoms with Crippen molar-refractivity contribution in [3.05, 3.63) is 70.9 Å². The predicted octanol–water partition coefficient (Wildman–Crippen LogP) is 3.56. The molecule has 0 saturated heterocycles. The maximum absolute atomic E-state index is 12.6. The lowest BCUT2D eigenvalue weighted by molar-refractivity contribution is 0.0696. The van der Waals surface area contributed by atoms with Crippen LogP contribution < -0.4 is 0 Å². The van der Waals surface area contributed by atoms with Crippen LogP contribution in [0.4, 0.5) is 0 Å². The zero-order chi connectivity index (χ0) is 18.0. The van der Waals surface area contributed by atoms with Crippen molar-refractivity contribution in [3.63, 3.8) is 0 Å². The summed E-state index contributed by atoms with van der Waals surface area (Å²) in [5.74, 6) is -1.04. The highest BCUT2D eigenvalue weighted by Crippen LogP contribution is 2.24. The van der Waals surface area contributed by atoms with E-state index in [9.17, 15) is 9.59 Å². The Balaban J connectivity index is 1.85. The Kier molecular flexibility index (Phi) is 4.36. The molecule has 0 aliphatic heterocycles. The van der Waals surface area contributed by atoms with Crippen molar-refractivity contribution in [3.8, 4) is 6.07 Å². The highest BCUT2D eigenvalue weighted by molar-refractivity contribution is 6.09. The number of carboxylic acid groups (broad SMARTS) is 1. The first-order valence-electron chi connectivity index (χ1n) is 7.84. The third kappa shape index (κ3) is 3.29. The third-order valence-electron chi connectivity index (χ3n) is 4.26. The molecule has 0 saturated carbocycles. The monoisotopic (exact) mass is 332 g/mol. The number of carboxylic acids is 1. The summed E-state index contributed by atoms with van der Waals surface area (Å²) in [6, 6.07) is 14.0. The van der Waals surface area contributed by atoms with Crippen LogP contribution in [0.15, 0.2) is 48.7 Å². The lowest BCUT2D eigenvalue weighted by Gasteiger charge is -2.02. The van der Waals surface area contributed by atoms with E-state index in [0.717, 1.165) is 11.1 Å². The molecule has 1 N–H and O–H groups in total. The molecule has 0 fully saturated rings. The number of Topliss-reactive ketones (excluding diaryl/α,β-unsaturated/α-hetero) is 1. The van der Waals surface area contributed by atoms with Crippen LogP contribution in [0.1, 0.15) is 38.3 Å². The quantitative estimate of drug-likeness (QED) is 0.724. The molecule has 124 valence electrons. The number of carbonyl (C=O) groups excluding carboxylic acids is 1. The fraction of sp³-hybridized carbons (Fsp3) is 0.150. The van der Waals surface area contributed by atoms with Crippen LogP contribution in [-0.4, -0.2) is 21.4 Å². The Morgan fingerprint density at radius 2 is 1.88 bits per heavy atom. The van der Waals surface area contributed by atoms with E-state index >= 15 is 0 Å². The van der Waals surface area contributed by atoms with Gasteiger partial charge in [0.15, 0.2) is 5.78 Å². The number of benzene rings is 2. The van der Waals surface area contributed by atoms with Crippen molar-refractivity contribution in [2.24, 2.45) is 7.05 Å². The summed E-state index contributed by atoms with van der Waals surface area (Å²) in [4.78, 5) is 23.8. The Labute approximate surface area is 144 Å². The molecule has 2 aromatic carbocycles. The van der Waals surface area contributed by atoms with Gasteiger partial charge >= 0.3 is 5.97 Å². The fourth-order valence-corrected chi connectivity index (χ4v) is 2.89. The van der Waals surface area contributed by atoms with E-state index in [4.69, 9.17) is 10.4 Å². The summed E-state index contributed by atoms with van der Waals surface area (Å²) in [6.45, 7) is 0. The molecular formula is C20H16N2O3. The second-order valence-electron chi connectivity index (χ2n) is 5.92. The molecule has 0 amide bonds. The molecule has 3 rings (SSSR count). The van der Waals surface area contributed by atoms with Crippen molar-refractivity contribution in [1.29, 1.82) is 5.26 Å². The molecule has 0 aliphatic carbocycles. The van der Waals surface area contributed by atoms with Gasteiger partial charge in [-0.25, -0.2) is 4.79 Å². The Morgan fingerprint density at radius 3 is 2.52 bits per heavy atom. The van der Waals surface area contributed by atoms with Gasteiger partial charge in [-0.3, -0.25) is 4.79 Å². The number of hydrogen-bond acceptors (Lipinski definition) is 3. The summed E-state index contributed by atoms with van der Waals surface area (Å²) in [5, 5.41) is 18.6. The van der Waals surface area contributed by atoms with Crippen molar-refractivity contribution < 1.29 is 14.7 Å². The predicted molar refractivity (Wildman–Crippen MR) is 93.7 cm³/mol. The van der Waals surface area contributed by atoms with Crippen molar-refractivity contribution in [1.82, 2.24) is 4.57 Å². The minimum absolute atomic E-state index is 0.0301. The number of fused-ring (bicyclic) bond motifs is 1. The maximum Gasteiger partial charge on any atom is 0.335 e. The van der Waals surface area contributed by atoms with E-state index < -0.39 is 5.97 Å².